The molecule has 0 spiro atoms. The van der Waals surface area contributed by atoms with Gasteiger partial charge < -0.3 is 4.57 Å². The van der Waals surface area contributed by atoms with Gasteiger partial charge in [0.1, 0.15) is 0 Å². The summed E-state index contributed by atoms with van der Waals surface area (Å²) < 4.78 is 2.01. The van der Waals surface area contributed by atoms with Crippen LogP contribution in [-0.4, -0.2) is 9.55 Å². The number of imidazole rings is 1. The molecule has 1 rings (SSSR count). The van der Waals surface area contributed by atoms with Gasteiger partial charge in [0.15, 0.2) is 0 Å². The van der Waals surface area contributed by atoms with E-state index in [1.165, 1.54) is 0 Å². The van der Waals surface area contributed by atoms with E-state index >= 15 is 0 Å². The number of nitrogens with zero attached hydrogens (tertiary/aromatic N) is 2. The summed E-state index contributed by atoms with van der Waals surface area (Å²) in [4.78, 5) is 3.86. The first-order valence-electron chi connectivity index (χ1n) is 2.39. The quantitative estimate of drug-likeness (QED) is 0.635. The molecule has 0 fully saturated rings. The van der Waals surface area contributed by atoms with E-state index in [0.29, 0.717) is 0 Å². The Kier molecular flexibility index (Phi) is 4.38. The van der Waals surface area contributed by atoms with Crippen LogP contribution in [0, 0.1) is 0 Å². The molecular weight excluding hydrogens is 177 g/mol. The Hall–Kier alpha value is 0.314. The summed E-state index contributed by atoms with van der Waals surface area (Å²) in [5.41, 5.74) is 0. The minimum Gasteiger partial charge on any atom is -0.338 e. The van der Waals surface area contributed by atoms with E-state index in [-0.39, 0.29) is 32.7 Å². The van der Waals surface area contributed by atoms with Crippen LogP contribution in [0.25, 0.3) is 0 Å². The number of aromatic nitrogens is 2. The van der Waals surface area contributed by atoms with Gasteiger partial charge in [-0.15, -0.1) is 0 Å². The van der Waals surface area contributed by atoms with Crippen LogP contribution in [0.1, 0.15) is 6.92 Å². The molecule has 1 heterocycles. The number of rotatable bonds is 1. The molecule has 0 bridgehead atoms. The van der Waals surface area contributed by atoms with Crippen LogP contribution >= 0.6 is 0 Å². The van der Waals surface area contributed by atoms with Gasteiger partial charge in [-0.3, -0.25) is 0 Å². The van der Waals surface area contributed by atoms with Crippen LogP contribution in [0.3, 0.4) is 0 Å². The average Bonchev–Trinajstić information content (AvgIpc) is 2.14. The van der Waals surface area contributed by atoms with E-state index in [4.69, 9.17) is 0 Å². The first kappa shape index (κ1) is 8.31. The van der Waals surface area contributed by atoms with E-state index in [0.717, 1.165) is 6.54 Å². The summed E-state index contributed by atoms with van der Waals surface area (Å²) >= 11 is 0. The maximum atomic E-state index is 3.86. The van der Waals surface area contributed by atoms with Crippen LogP contribution in [0.5, 0.6) is 0 Å². The fourth-order valence-corrected chi connectivity index (χ4v) is 0.474. The van der Waals surface area contributed by atoms with Crippen LogP contribution < -0.4 is 0 Å². The molecule has 8 heavy (non-hydrogen) atoms. The van der Waals surface area contributed by atoms with Gasteiger partial charge in [0.2, 0.25) is 0 Å². The third-order valence-corrected chi connectivity index (χ3v) is 0.924. The van der Waals surface area contributed by atoms with Crippen molar-refractivity contribution in [3.63, 3.8) is 0 Å². The smallest absolute Gasteiger partial charge is 0.0945 e. The van der Waals surface area contributed by atoms with Crippen molar-refractivity contribution >= 4 is 0 Å². The molecule has 2 nitrogen and oxygen atoms in total. The molecule has 0 N–H and O–H groups in total. The molecule has 0 saturated carbocycles. The fraction of sp³-hybridized carbons (Fsp3) is 0.400. The van der Waals surface area contributed by atoms with Crippen molar-refractivity contribution in [1.82, 2.24) is 9.55 Å². The number of hydrogen-bond donors (Lipinski definition) is 0. The average molecular weight is 185 g/mol. The molecule has 0 amide bonds. The predicted molar refractivity (Wildman–Crippen MR) is 27.9 cm³/mol. The molecule has 0 aliphatic heterocycles. The van der Waals surface area contributed by atoms with Gasteiger partial charge in [0, 0.05) is 51.6 Å². The standard InChI is InChI=1S/C5H8N2.Y/c1-2-7-4-3-6-5-7;/h3-5H,2H2,1H3;. The van der Waals surface area contributed by atoms with Gasteiger partial charge in [-0.1, -0.05) is 0 Å². The molecule has 0 aromatic carbocycles. The molecule has 0 unspecified atom stereocenters. The molecule has 3 heteroatoms. The molecule has 1 aromatic rings. The summed E-state index contributed by atoms with van der Waals surface area (Å²) in [5, 5.41) is 0. The molecule has 0 aliphatic carbocycles. The summed E-state index contributed by atoms with van der Waals surface area (Å²) in [7, 11) is 0. The minimum absolute atomic E-state index is 0. The second kappa shape index (κ2) is 4.22. The molecule has 1 radical (unpaired) electrons. The first-order chi connectivity index (χ1) is 3.43. The second-order valence-corrected chi connectivity index (χ2v) is 1.39. The zero-order valence-electron chi connectivity index (χ0n) is 4.91. The Labute approximate surface area is 74.2 Å². The monoisotopic (exact) mass is 185 g/mol. The van der Waals surface area contributed by atoms with Crippen molar-refractivity contribution in [2.24, 2.45) is 0 Å². The SMILES string of the molecule is CCn1ccnc1.[Y]. The van der Waals surface area contributed by atoms with Crippen LogP contribution in [-0.2, 0) is 39.3 Å². The Morgan fingerprint density at radius 2 is 2.38 bits per heavy atom. The Morgan fingerprint density at radius 3 is 2.62 bits per heavy atom. The van der Waals surface area contributed by atoms with E-state index in [1.54, 1.807) is 12.5 Å². The van der Waals surface area contributed by atoms with Crippen molar-refractivity contribution < 1.29 is 32.7 Å². The molecule has 0 atom stereocenters. The van der Waals surface area contributed by atoms with E-state index in [2.05, 4.69) is 11.9 Å². The topological polar surface area (TPSA) is 17.8 Å². The summed E-state index contributed by atoms with van der Waals surface area (Å²) in [5.74, 6) is 0. The summed E-state index contributed by atoms with van der Waals surface area (Å²) in [6, 6.07) is 0. The van der Waals surface area contributed by atoms with Crippen molar-refractivity contribution in [3.05, 3.63) is 18.7 Å². The van der Waals surface area contributed by atoms with Gasteiger partial charge in [-0.2, -0.15) is 0 Å². The zero-order valence-corrected chi connectivity index (χ0v) is 7.75. The minimum atomic E-state index is 0. The van der Waals surface area contributed by atoms with Gasteiger partial charge in [0.05, 0.1) is 6.33 Å². The van der Waals surface area contributed by atoms with E-state index in [9.17, 15) is 0 Å². The summed E-state index contributed by atoms with van der Waals surface area (Å²) in [6.07, 6.45) is 5.53. The van der Waals surface area contributed by atoms with Crippen LogP contribution in [0.4, 0.5) is 0 Å². The second-order valence-electron chi connectivity index (χ2n) is 1.39. The first-order valence-corrected chi connectivity index (χ1v) is 2.39. The van der Waals surface area contributed by atoms with E-state index < -0.39 is 0 Å². The third-order valence-electron chi connectivity index (χ3n) is 0.924. The maximum Gasteiger partial charge on any atom is 0.0945 e. The summed E-state index contributed by atoms with van der Waals surface area (Å²) in [6.45, 7) is 3.10. The molecule has 0 aliphatic rings. The predicted octanol–water partition coefficient (Wildman–Crippen LogP) is 0.900. The van der Waals surface area contributed by atoms with Crippen LogP contribution in [0.2, 0.25) is 0 Å². The van der Waals surface area contributed by atoms with Crippen molar-refractivity contribution in [2.75, 3.05) is 0 Å². The Bertz CT molecular complexity index is 125. The Balaban J connectivity index is 0.000000490. The van der Waals surface area contributed by atoms with Gasteiger partial charge in [-0.25, -0.2) is 4.98 Å². The fourth-order valence-electron chi connectivity index (χ4n) is 0.474. The molecule has 0 saturated heterocycles. The van der Waals surface area contributed by atoms with Gasteiger partial charge in [-0.05, 0) is 6.92 Å². The maximum absolute atomic E-state index is 3.86. The van der Waals surface area contributed by atoms with Crippen molar-refractivity contribution in [1.29, 1.82) is 0 Å². The number of hydrogen-bond acceptors (Lipinski definition) is 1. The van der Waals surface area contributed by atoms with Gasteiger partial charge in [0.25, 0.3) is 0 Å². The van der Waals surface area contributed by atoms with Gasteiger partial charge >= 0.3 is 0 Å². The Morgan fingerprint density at radius 1 is 1.62 bits per heavy atom. The zero-order chi connectivity index (χ0) is 5.11. The van der Waals surface area contributed by atoms with Crippen molar-refractivity contribution in [2.45, 2.75) is 13.5 Å². The van der Waals surface area contributed by atoms with Crippen molar-refractivity contribution in [3.8, 4) is 0 Å². The largest absolute Gasteiger partial charge is 0.338 e. The van der Waals surface area contributed by atoms with E-state index in [1.807, 2.05) is 10.8 Å². The number of aryl methyl sites for hydroxylation is 1. The van der Waals surface area contributed by atoms with Crippen LogP contribution in [0.15, 0.2) is 18.7 Å². The normalized spacial score (nSPS) is 8.12. The molecular formula is C5H8N2Y. The molecule has 1 aromatic heterocycles. The molecule has 41 valence electrons. The third kappa shape index (κ3) is 2.06.